The van der Waals surface area contributed by atoms with Gasteiger partial charge in [0.05, 0.1) is 13.2 Å². The molecule has 0 fully saturated rings. The van der Waals surface area contributed by atoms with E-state index in [0.717, 1.165) is 17.7 Å². The van der Waals surface area contributed by atoms with Crippen molar-refractivity contribution in [2.24, 2.45) is 0 Å². The minimum atomic E-state index is 0.0312. The lowest BCUT2D eigenvalue weighted by molar-refractivity contribution is -0.118. The zero-order chi connectivity index (χ0) is 10.6. The average Bonchev–Trinajstić information content (AvgIpc) is 2.26. The van der Waals surface area contributed by atoms with Crippen LogP contribution in [0.5, 0.6) is 5.75 Å². The molecule has 1 unspecified atom stereocenters. The van der Waals surface area contributed by atoms with Crippen LogP contribution >= 0.6 is 0 Å². The maximum atomic E-state index is 10.6. The van der Waals surface area contributed by atoms with Crippen molar-refractivity contribution in [3.05, 3.63) is 29.8 Å². The third-order valence-corrected chi connectivity index (χ3v) is 2.37. The number of rotatable bonds is 4. The van der Waals surface area contributed by atoms with E-state index in [0.29, 0.717) is 0 Å². The van der Waals surface area contributed by atoms with Crippen LogP contribution in [-0.4, -0.2) is 25.5 Å². The Labute approximate surface area is 84.3 Å². The van der Waals surface area contributed by atoms with Crippen LogP contribution < -0.4 is 4.74 Å². The molecule has 0 saturated heterocycles. The Morgan fingerprint density at radius 3 is 2.64 bits per heavy atom. The Balaban J connectivity index is 2.98. The summed E-state index contributed by atoms with van der Waals surface area (Å²) >= 11 is 0. The number of amides is 1. The lowest BCUT2D eigenvalue weighted by Gasteiger charge is -2.22. The molecule has 1 rings (SSSR count). The Morgan fingerprint density at radius 1 is 1.43 bits per heavy atom. The van der Waals surface area contributed by atoms with Gasteiger partial charge in [-0.2, -0.15) is 0 Å². The highest BCUT2D eigenvalue weighted by Gasteiger charge is 2.13. The largest absolute Gasteiger partial charge is 0.496 e. The molecule has 3 nitrogen and oxygen atoms in total. The summed E-state index contributed by atoms with van der Waals surface area (Å²) in [5.74, 6) is 0.814. The van der Waals surface area contributed by atoms with E-state index in [-0.39, 0.29) is 6.04 Å². The first kappa shape index (κ1) is 10.6. The zero-order valence-corrected chi connectivity index (χ0v) is 8.73. The number of hydrogen-bond acceptors (Lipinski definition) is 2. The number of ether oxygens (including phenoxy) is 1. The van der Waals surface area contributed by atoms with Crippen molar-refractivity contribution in [2.45, 2.75) is 13.0 Å². The molecule has 1 aromatic carbocycles. The summed E-state index contributed by atoms with van der Waals surface area (Å²) in [5, 5.41) is 0. The second kappa shape index (κ2) is 4.65. The lowest BCUT2D eigenvalue weighted by Crippen LogP contribution is -2.20. The first-order chi connectivity index (χ1) is 6.70. The molecule has 0 aliphatic rings. The number of carbonyl (C=O) groups is 1. The van der Waals surface area contributed by atoms with Crippen molar-refractivity contribution in [3.63, 3.8) is 0 Å². The van der Waals surface area contributed by atoms with Crippen molar-refractivity contribution in [3.8, 4) is 5.75 Å². The minimum absolute atomic E-state index is 0.0312. The monoisotopic (exact) mass is 193 g/mol. The second-order valence-electron chi connectivity index (χ2n) is 3.19. The maximum Gasteiger partial charge on any atom is 0.209 e. The molecule has 1 amide bonds. The SMILES string of the molecule is COc1ccccc1C(C)N(C)C=O. The van der Waals surface area contributed by atoms with E-state index in [9.17, 15) is 4.79 Å². The number of nitrogens with zero attached hydrogens (tertiary/aromatic N) is 1. The molecule has 14 heavy (non-hydrogen) atoms. The Morgan fingerprint density at radius 2 is 2.07 bits per heavy atom. The summed E-state index contributed by atoms with van der Waals surface area (Å²) < 4.78 is 5.22. The van der Waals surface area contributed by atoms with E-state index in [2.05, 4.69) is 0 Å². The highest BCUT2D eigenvalue weighted by atomic mass is 16.5. The molecular weight excluding hydrogens is 178 g/mol. The van der Waals surface area contributed by atoms with Gasteiger partial charge >= 0.3 is 0 Å². The predicted molar refractivity (Wildman–Crippen MR) is 55.2 cm³/mol. The predicted octanol–water partition coefficient (Wildman–Crippen LogP) is 1.84. The number of hydrogen-bond donors (Lipinski definition) is 0. The van der Waals surface area contributed by atoms with E-state index in [1.54, 1.807) is 19.1 Å². The third-order valence-electron chi connectivity index (χ3n) is 2.37. The summed E-state index contributed by atoms with van der Waals surface area (Å²) in [6.45, 7) is 1.96. The van der Waals surface area contributed by atoms with Gasteiger partial charge in [0.2, 0.25) is 6.41 Å². The molecule has 1 atom stereocenters. The van der Waals surface area contributed by atoms with Crippen LogP contribution in [0.3, 0.4) is 0 Å². The van der Waals surface area contributed by atoms with Gasteiger partial charge in [0.25, 0.3) is 0 Å². The van der Waals surface area contributed by atoms with E-state index in [4.69, 9.17) is 4.74 Å². The molecule has 76 valence electrons. The fraction of sp³-hybridized carbons (Fsp3) is 0.364. The van der Waals surface area contributed by atoms with Crippen LogP contribution in [0, 0.1) is 0 Å². The molecule has 0 radical (unpaired) electrons. The van der Waals surface area contributed by atoms with Gasteiger partial charge in [-0.05, 0) is 13.0 Å². The van der Waals surface area contributed by atoms with Gasteiger partial charge in [0.1, 0.15) is 5.75 Å². The number of para-hydroxylation sites is 1. The maximum absolute atomic E-state index is 10.6. The van der Waals surface area contributed by atoms with Gasteiger partial charge in [0.15, 0.2) is 0 Å². The van der Waals surface area contributed by atoms with Crippen molar-refractivity contribution in [1.29, 1.82) is 0 Å². The standard InChI is InChI=1S/C11H15NO2/c1-9(12(2)8-13)10-6-4-5-7-11(10)14-3/h4-9H,1-3H3. The summed E-state index contributed by atoms with van der Waals surface area (Å²) in [7, 11) is 3.39. The Hall–Kier alpha value is -1.51. The third kappa shape index (κ3) is 2.05. The number of benzene rings is 1. The lowest BCUT2D eigenvalue weighted by atomic mass is 10.1. The quantitative estimate of drug-likeness (QED) is 0.683. The van der Waals surface area contributed by atoms with Crippen LogP contribution in [0.25, 0.3) is 0 Å². The van der Waals surface area contributed by atoms with Gasteiger partial charge in [0, 0.05) is 12.6 Å². The van der Waals surface area contributed by atoms with E-state index >= 15 is 0 Å². The van der Waals surface area contributed by atoms with Crippen LogP contribution in [0.4, 0.5) is 0 Å². The summed E-state index contributed by atoms with van der Waals surface area (Å²) in [6.07, 6.45) is 0.817. The molecule has 0 N–H and O–H groups in total. The summed E-state index contributed by atoms with van der Waals surface area (Å²) in [5.41, 5.74) is 1.02. The molecule has 1 aromatic rings. The van der Waals surface area contributed by atoms with Crippen LogP contribution in [0.1, 0.15) is 18.5 Å². The fourth-order valence-corrected chi connectivity index (χ4v) is 1.32. The Bertz CT molecular complexity index is 312. The number of carbonyl (C=O) groups excluding carboxylic acids is 1. The van der Waals surface area contributed by atoms with Crippen molar-refractivity contribution < 1.29 is 9.53 Å². The van der Waals surface area contributed by atoms with Gasteiger partial charge < -0.3 is 9.64 Å². The van der Waals surface area contributed by atoms with E-state index in [1.807, 2.05) is 31.2 Å². The highest BCUT2D eigenvalue weighted by molar-refractivity contribution is 5.49. The van der Waals surface area contributed by atoms with Crippen LogP contribution in [-0.2, 0) is 4.79 Å². The summed E-state index contributed by atoms with van der Waals surface area (Å²) in [4.78, 5) is 12.2. The normalized spacial score (nSPS) is 11.9. The minimum Gasteiger partial charge on any atom is -0.496 e. The second-order valence-corrected chi connectivity index (χ2v) is 3.19. The molecule has 0 heterocycles. The first-order valence-electron chi connectivity index (χ1n) is 4.51. The van der Waals surface area contributed by atoms with Gasteiger partial charge in [-0.25, -0.2) is 0 Å². The molecule has 3 heteroatoms. The number of methoxy groups -OCH3 is 1. The van der Waals surface area contributed by atoms with Crippen molar-refractivity contribution >= 4 is 6.41 Å². The summed E-state index contributed by atoms with van der Waals surface area (Å²) in [6, 6.07) is 7.74. The van der Waals surface area contributed by atoms with Gasteiger partial charge in [-0.3, -0.25) is 4.79 Å². The van der Waals surface area contributed by atoms with Crippen molar-refractivity contribution in [2.75, 3.05) is 14.2 Å². The molecule has 0 aliphatic carbocycles. The van der Waals surface area contributed by atoms with Crippen molar-refractivity contribution in [1.82, 2.24) is 4.90 Å². The average molecular weight is 193 g/mol. The molecule has 0 aliphatic heterocycles. The first-order valence-corrected chi connectivity index (χ1v) is 4.51. The highest BCUT2D eigenvalue weighted by Crippen LogP contribution is 2.26. The van der Waals surface area contributed by atoms with Crippen LogP contribution in [0.2, 0.25) is 0 Å². The van der Waals surface area contributed by atoms with E-state index in [1.165, 1.54) is 0 Å². The van der Waals surface area contributed by atoms with E-state index < -0.39 is 0 Å². The molecule has 0 aromatic heterocycles. The van der Waals surface area contributed by atoms with Crippen LogP contribution in [0.15, 0.2) is 24.3 Å². The Kier molecular flexibility index (Phi) is 3.51. The smallest absolute Gasteiger partial charge is 0.209 e. The fourth-order valence-electron chi connectivity index (χ4n) is 1.32. The molecular formula is C11H15NO2. The molecule has 0 bridgehead atoms. The molecule has 0 spiro atoms. The van der Waals surface area contributed by atoms with Gasteiger partial charge in [-0.1, -0.05) is 18.2 Å². The topological polar surface area (TPSA) is 29.5 Å². The zero-order valence-electron chi connectivity index (χ0n) is 8.73. The van der Waals surface area contributed by atoms with Gasteiger partial charge in [-0.15, -0.1) is 0 Å². The molecule has 0 saturated carbocycles.